The van der Waals surface area contributed by atoms with Crippen LogP contribution >= 0.6 is 11.6 Å². The minimum Gasteiger partial charge on any atom is -0.308 e. The molecule has 3 rings (SSSR count). The molecule has 0 aliphatic rings. The maximum atomic E-state index is 11.4. The number of nitrogens with one attached hydrogen (secondary N) is 2. The Morgan fingerprint density at radius 1 is 1.12 bits per heavy atom. The summed E-state index contributed by atoms with van der Waals surface area (Å²) >= 11 is 6.25. The summed E-state index contributed by atoms with van der Waals surface area (Å²) < 4.78 is 0. The van der Waals surface area contributed by atoms with Crippen molar-refractivity contribution in [1.29, 1.82) is 0 Å². The van der Waals surface area contributed by atoms with Crippen LogP contribution in [0, 0.1) is 11.8 Å². The Morgan fingerprint density at radius 3 is 2.56 bits per heavy atom. The van der Waals surface area contributed by atoms with Crippen molar-refractivity contribution in [3.63, 3.8) is 0 Å². The number of halogens is 1. The van der Waals surface area contributed by atoms with Crippen molar-refractivity contribution in [3.05, 3.63) is 82.0 Å². The highest BCUT2D eigenvalue weighted by molar-refractivity contribution is 6.31. The van der Waals surface area contributed by atoms with Gasteiger partial charge in [-0.15, -0.1) is 0 Å². The first kappa shape index (κ1) is 16.8. The van der Waals surface area contributed by atoms with E-state index in [1.165, 1.54) is 6.92 Å². The molecule has 25 heavy (non-hydrogen) atoms. The molecular formula is C20H16ClN3O. The number of benzene rings is 2. The van der Waals surface area contributed by atoms with E-state index in [2.05, 4.69) is 27.4 Å². The van der Waals surface area contributed by atoms with Gasteiger partial charge < -0.3 is 5.32 Å². The molecule has 0 fully saturated rings. The van der Waals surface area contributed by atoms with E-state index in [0.29, 0.717) is 22.8 Å². The maximum absolute atomic E-state index is 11.4. The topological polar surface area (TPSA) is 57.8 Å². The number of hydrogen-bond donors (Lipinski definition) is 2. The third-order valence-electron chi connectivity index (χ3n) is 3.57. The maximum Gasteiger partial charge on any atom is 0.222 e. The quantitative estimate of drug-likeness (QED) is 0.702. The van der Waals surface area contributed by atoms with Crippen LogP contribution in [0.1, 0.15) is 29.3 Å². The van der Waals surface area contributed by atoms with Crippen LogP contribution in [0.15, 0.2) is 54.6 Å². The van der Waals surface area contributed by atoms with Crippen LogP contribution in [0.4, 0.5) is 5.82 Å². The Kier molecular flexibility index (Phi) is 5.17. The van der Waals surface area contributed by atoms with Crippen molar-refractivity contribution in [1.82, 2.24) is 10.2 Å². The van der Waals surface area contributed by atoms with Crippen molar-refractivity contribution in [2.24, 2.45) is 0 Å². The fraction of sp³-hybridized carbons (Fsp3) is 0.100. The van der Waals surface area contributed by atoms with Gasteiger partial charge in [-0.3, -0.25) is 9.89 Å². The van der Waals surface area contributed by atoms with Crippen molar-refractivity contribution >= 4 is 23.3 Å². The normalized spacial score (nSPS) is 10.0. The van der Waals surface area contributed by atoms with Gasteiger partial charge in [0, 0.05) is 23.9 Å². The second-order valence-electron chi connectivity index (χ2n) is 5.49. The van der Waals surface area contributed by atoms with Gasteiger partial charge in [-0.2, -0.15) is 5.10 Å². The summed E-state index contributed by atoms with van der Waals surface area (Å²) in [6.07, 6.45) is 0.547. The molecule has 0 atom stereocenters. The first-order chi connectivity index (χ1) is 12.1. The van der Waals surface area contributed by atoms with E-state index < -0.39 is 0 Å². The molecule has 0 saturated heterocycles. The Hall–Kier alpha value is -3.03. The lowest BCUT2D eigenvalue weighted by atomic mass is 10.1. The summed E-state index contributed by atoms with van der Waals surface area (Å²) in [5.74, 6) is 6.46. The number of amides is 1. The average molecular weight is 350 g/mol. The second-order valence-corrected chi connectivity index (χ2v) is 5.90. The van der Waals surface area contributed by atoms with Crippen LogP contribution in [0.5, 0.6) is 0 Å². The van der Waals surface area contributed by atoms with Crippen LogP contribution in [0.25, 0.3) is 0 Å². The molecular weight excluding hydrogens is 334 g/mol. The van der Waals surface area contributed by atoms with Crippen LogP contribution in [-0.2, 0) is 11.2 Å². The highest BCUT2D eigenvalue weighted by Gasteiger charge is 2.14. The van der Waals surface area contributed by atoms with Crippen molar-refractivity contribution in [2.75, 3.05) is 5.32 Å². The van der Waals surface area contributed by atoms with E-state index in [-0.39, 0.29) is 5.91 Å². The first-order valence-electron chi connectivity index (χ1n) is 7.79. The summed E-state index contributed by atoms with van der Waals surface area (Å²) in [6.45, 7) is 1.44. The predicted molar refractivity (Wildman–Crippen MR) is 99.6 cm³/mol. The minimum absolute atomic E-state index is 0.196. The number of rotatable bonds is 3. The lowest BCUT2D eigenvalue weighted by Crippen LogP contribution is -2.07. The number of carbonyl (C=O) groups is 1. The van der Waals surface area contributed by atoms with Gasteiger partial charge in [0.15, 0.2) is 5.82 Å². The summed E-state index contributed by atoms with van der Waals surface area (Å²) in [5, 5.41) is 10.6. The zero-order valence-electron chi connectivity index (χ0n) is 13.6. The van der Waals surface area contributed by atoms with Crippen LogP contribution in [0.3, 0.4) is 0 Å². The van der Waals surface area contributed by atoms with E-state index in [1.807, 2.05) is 54.6 Å². The van der Waals surface area contributed by atoms with Gasteiger partial charge in [-0.25, -0.2) is 0 Å². The van der Waals surface area contributed by atoms with E-state index >= 15 is 0 Å². The second kappa shape index (κ2) is 7.69. The molecule has 1 amide bonds. The van der Waals surface area contributed by atoms with Gasteiger partial charge in [-0.05, 0) is 23.8 Å². The summed E-state index contributed by atoms with van der Waals surface area (Å²) in [7, 11) is 0. The van der Waals surface area contributed by atoms with Crippen LogP contribution < -0.4 is 5.32 Å². The number of aromatic amines is 1. The number of carbonyl (C=O) groups excluding carboxylic acids is 1. The molecule has 124 valence electrons. The monoisotopic (exact) mass is 349 g/mol. The van der Waals surface area contributed by atoms with Gasteiger partial charge in [0.25, 0.3) is 0 Å². The van der Waals surface area contributed by atoms with Crippen LogP contribution in [-0.4, -0.2) is 16.1 Å². The standard InChI is InChI=1S/C20H16ClN3O/c1-14(25)22-20-17(12-11-15-7-3-2-4-8-15)19(23-24-20)13-16-9-5-6-10-18(16)21/h2-10H,13H2,1H3,(H2,22,23,24,25). The van der Waals surface area contributed by atoms with E-state index in [1.54, 1.807) is 0 Å². The molecule has 5 heteroatoms. The highest BCUT2D eigenvalue weighted by Crippen LogP contribution is 2.23. The summed E-state index contributed by atoms with van der Waals surface area (Å²) in [5.41, 5.74) is 3.32. The summed E-state index contributed by atoms with van der Waals surface area (Å²) in [6, 6.07) is 17.3. The molecule has 1 aromatic heterocycles. The van der Waals surface area contributed by atoms with Crippen molar-refractivity contribution in [3.8, 4) is 11.8 Å². The molecule has 4 nitrogen and oxygen atoms in total. The fourth-order valence-corrected chi connectivity index (χ4v) is 2.59. The molecule has 0 unspecified atom stereocenters. The van der Waals surface area contributed by atoms with Gasteiger partial charge >= 0.3 is 0 Å². The number of H-pyrrole nitrogens is 1. The molecule has 0 spiro atoms. The lowest BCUT2D eigenvalue weighted by molar-refractivity contribution is -0.114. The highest BCUT2D eigenvalue weighted by atomic mass is 35.5. The molecule has 0 radical (unpaired) electrons. The third kappa shape index (κ3) is 4.28. The molecule has 2 N–H and O–H groups in total. The molecule has 0 aliphatic carbocycles. The molecule has 0 bridgehead atoms. The Morgan fingerprint density at radius 2 is 1.84 bits per heavy atom. The Labute approximate surface area is 151 Å². The van der Waals surface area contributed by atoms with Gasteiger partial charge in [0.1, 0.15) is 0 Å². The molecule has 0 saturated carbocycles. The van der Waals surface area contributed by atoms with Gasteiger partial charge in [0.2, 0.25) is 5.91 Å². The summed E-state index contributed by atoms with van der Waals surface area (Å²) in [4.78, 5) is 11.4. The third-order valence-corrected chi connectivity index (χ3v) is 3.94. The number of hydrogen-bond acceptors (Lipinski definition) is 2. The van der Waals surface area contributed by atoms with Crippen molar-refractivity contribution in [2.45, 2.75) is 13.3 Å². The smallest absolute Gasteiger partial charge is 0.222 e. The SMILES string of the molecule is CC(=O)Nc1n[nH]c(Cc2ccccc2Cl)c1C#Cc1ccccc1. The number of nitrogens with zero attached hydrogens (tertiary/aromatic N) is 1. The Bertz CT molecular complexity index is 952. The zero-order valence-corrected chi connectivity index (χ0v) is 14.4. The molecule has 2 aromatic carbocycles. The number of anilines is 1. The van der Waals surface area contributed by atoms with Gasteiger partial charge in [0.05, 0.1) is 11.3 Å². The van der Waals surface area contributed by atoms with E-state index in [9.17, 15) is 4.79 Å². The minimum atomic E-state index is -0.196. The predicted octanol–water partition coefficient (Wildman–Crippen LogP) is 4.01. The molecule has 1 heterocycles. The largest absolute Gasteiger partial charge is 0.308 e. The molecule has 0 aliphatic heterocycles. The fourth-order valence-electron chi connectivity index (χ4n) is 2.39. The van der Waals surface area contributed by atoms with Crippen LogP contribution in [0.2, 0.25) is 5.02 Å². The zero-order chi connectivity index (χ0) is 17.6. The molecule has 3 aromatic rings. The number of aromatic nitrogens is 2. The first-order valence-corrected chi connectivity index (χ1v) is 8.16. The van der Waals surface area contributed by atoms with E-state index in [4.69, 9.17) is 11.6 Å². The van der Waals surface area contributed by atoms with Crippen molar-refractivity contribution < 1.29 is 4.79 Å². The van der Waals surface area contributed by atoms with E-state index in [0.717, 1.165) is 16.8 Å². The average Bonchev–Trinajstić information content (AvgIpc) is 2.97. The van der Waals surface area contributed by atoms with Gasteiger partial charge in [-0.1, -0.05) is 59.8 Å². The Balaban J connectivity index is 1.98. The lowest BCUT2D eigenvalue weighted by Gasteiger charge is -2.03.